The molecule has 0 aromatic carbocycles. The first-order chi connectivity index (χ1) is 17.5. The Morgan fingerprint density at radius 1 is 0.361 bits per heavy atom. The molecule has 36 heavy (non-hydrogen) atoms. The molecule has 3 rings (SSSR count). The molecule has 0 aromatic rings. The van der Waals surface area contributed by atoms with Crippen LogP contribution in [0.15, 0.2) is 0 Å². The molecule has 3 saturated heterocycles. The first-order valence-electron chi connectivity index (χ1n) is 11.9. The van der Waals surface area contributed by atoms with Gasteiger partial charge in [0.15, 0.2) is 18.9 Å². The molecule has 12 atom stereocenters. The Labute approximate surface area is 212 Å². The van der Waals surface area contributed by atoms with Crippen LogP contribution in [0, 0.1) is 0 Å². The highest BCUT2D eigenvalue weighted by Gasteiger charge is 2.51. The van der Waals surface area contributed by atoms with E-state index in [0.717, 1.165) is 0 Å². The second-order valence-electron chi connectivity index (χ2n) is 8.67. The summed E-state index contributed by atoms with van der Waals surface area (Å²) >= 11 is 0. The largest absolute Gasteiger partial charge is 0.376 e. The minimum atomic E-state index is -0.816. The average Bonchev–Trinajstić information content (AvgIpc) is 2.92. The lowest BCUT2D eigenvalue weighted by Crippen LogP contribution is -2.63. The van der Waals surface area contributed by atoms with Crippen LogP contribution in [0.1, 0.15) is 0 Å². The van der Waals surface area contributed by atoms with Gasteiger partial charge in [0.1, 0.15) is 54.9 Å². The number of hydrogen-bond donors (Lipinski definition) is 0. The van der Waals surface area contributed by atoms with Crippen LogP contribution in [0.5, 0.6) is 0 Å². The van der Waals surface area contributed by atoms with E-state index in [4.69, 9.17) is 61.6 Å². The summed E-state index contributed by atoms with van der Waals surface area (Å²) < 4.78 is 75.4. The van der Waals surface area contributed by atoms with Crippen LogP contribution in [-0.2, 0) is 61.6 Å². The fourth-order valence-electron chi connectivity index (χ4n) is 4.99. The molecule has 0 bridgehead atoms. The van der Waals surface area contributed by atoms with Gasteiger partial charge in [0.05, 0.1) is 19.8 Å². The Balaban J connectivity index is 1.76. The van der Waals surface area contributed by atoms with Crippen molar-refractivity contribution in [1.82, 2.24) is 0 Å². The van der Waals surface area contributed by atoms with Gasteiger partial charge >= 0.3 is 0 Å². The lowest BCUT2D eigenvalue weighted by molar-refractivity contribution is -0.359. The minimum absolute atomic E-state index is 0.199. The Kier molecular flexibility index (Phi) is 12.2. The molecule has 13 nitrogen and oxygen atoms in total. The summed E-state index contributed by atoms with van der Waals surface area (Å²) in [5.41, 5.74) is 0. The van der Waals surface area contributed by atoms with Crippen LogP contribution in [0.25, 0.3) is 0 Å². The van der Waals surface area contributed by atoms with E-state index in [1.165, 1.54) is 0 Å². The van der Waals surface area contributed by atoms with Gasteiger partial charge in [0.2, 0.25) is 0 Å². The van der Waals surface area contributed by atoms with E-state index in [0.29, 0.717) is 0 Å². The average molecular weight is 527 g/mol. The Morgan fingerprint density at radius 2 is 0.750 bits per heavy atom. The molecule has 0 aliphatic carbocycles. The molecule has 0 amide bonds. The second-order valence-corrected chi connectivity index (χ2v) is 8.67. The van der Waals surface area contributed by atoms with Crippen molar-refractivity contribution >= 4 is 0 Å². The normalized spacial score (nSPS) is 44.0. The van der Waals surface area contributed by atoms with Crippen molar-refractivity contribution in [1.29, 1.82) is 0 Å². The van der Waals surface area contributed by atoms with Gasteiger partial charge in [0, 0.05) is 56.9 Å². The fourth-order valence-corrected chi connectivity index (χ4v) is 4.99. The summed E-state index contributed by atoms with van der Waals surface area (Å²) in [4.78, 5) is 0. The molecule has 0 spiro atoms. The molecule has 0 radical (unpaired) electrons. The zero-order valence-electron chi connectivity index (χ0n) is 22.4. The number of hydrogen-bond acceptors (Lipinski definition) is 13. The van der Waals surface area contributed by atoms with Crippen molar-refractivity contribution in [2.75, 3.05) is 76.7 Å². The molecule has 212 valence electrons. The van der Waals surface area contributed by atoms with Gasteiger partial charge in [-0.25, -0.2) is 0 Å². The summed E-state index contributed by atoms with van der Waals surface area (Å²) in [5.74, 6) is 0. The highest BCUT2D eigenvalue weighted by molar-refractivity contribution is 4.93. The summed E-state index contributed by atoms with van der Waals surface area (Å²) in [6.07, 6.45) is -6.66. The van der Waals surface area contributed by atoms with E-state index in [1.54, 1.807) is 56.9 Å². The van der Waals surface area contributed by atoms with Crippen LogP contribution in [-0.4, -0.2) is 151 Å². The van der Waals surface area contributed by atoms with Crippen molar-refractivity contribution in [2.24, 2.45) is 0 Å². The molecule has 3 heterocycles. The van der Waals surface area contributed by atoms with Gasteiger partial charge in [-0.3, -0.25) is 0 Å². The van der Waals surface area contributed by atoms with Gasteiger partial charge in [0.25, 0.3) is 0 Å². The predicted octanol–water partition coefficient (Wildman–Crippen LogP) is -0.423. The fraction of sp³-hybridized carbons (Fsp3) is 1.00. The quantitative estimate of drug-likeness (QED) is 0.328. The molecule has 3 aliphatic heterocycles. The van der Waals surface area contributed by atoms with E-state index in [9.17, 15) is 0 Å². The molecule has 0 unspecified atom stereocenters. The number of methoxy groups -OCH3 is 8. The van der Waals surface area contributed by atoms with Crippen LogP contribution in [0.2, 0.25) is 0 Å². The third-order valence-electron chi connectivity index (χ3n) is 6.95. The maximum Gasteiger partial charge on any atom is 0.187 e. The lowest BCUT2D eigenvalue weighted by Gasteiger charge is -2.47. The van der Waals surface area contributed by atoms with Crippen molar-refractivity contribution in [3.8, 4) is 0 Å². The van der Waals surface area contributed by atoms with Crippen molar-refractivity contribution in [3.63, 3.8) is 0 Å². The van der Waals surface area contributed by atoms with Gasteiger partial charge in [-0.1, -0.05) is 0 Å². The molecule has 0 saturated carbocycles. The van der Waals surface area contributed by atoms with E-state index in [2.05, 4.69) is 0 Å². The Morgan fingerprint density at radius 3 is 1.25 bits per heavy atom. The molecular formula is C23H42O13. The second kappa shape index (κ2) is 14.6. The first-order valence-corrected chi connectivity index (χ1v) is 11.9. The van der Waals surface area contributed by atoms with E-state index >= 15 is 0 Å². The highest BCUT2D eigenvalue weighted by atomic mass is 16.8. The Hall–Kier alpha value is -0.520. The lowest BCUT2D eigenvalue weighted by atomic mass is 10.0. The van der Waals surface area contributed by atoms with Gasteiger partial charge in [-0.05, 0) is 0 Å². The zero-order valence-corrected chi connectivity index (χ0v) is 22.4. The molecule has 13 heteroatoms. The molecule has 0 aromatic heterocycles. The third-order valence-corrected chi connectivity index (χ3v) is 6.95. The van der Waals surface area contributed by atoms with Crippen LogP contribution in [0.3, 0.4) is 0 Å². The smallest absolute Gasteiger partial charge is 0.187 e. The van der Waals surface area contributed by atoms with Crippen LogP contribution < -0.4 is 0 Å². The summed E-state index contributed by atoms with van der Waals surface area (Å²) in [5, 5.41) is 0. The van der Waals surface area contributed by atoms with E-state index in [-0.39, 0.29) is 25.9 Å². The van der Waals surface area contributed by atoms with Gasteiger partial charge < -0.3 is 61.6 Å². The standard InChI is InChI=1S/C23H42O13/c1-24-12-9-34-23(19(29-6)15(12)26-3)36-17-13(25-2)10-33-22(20(17)30-7)35-14-11-32-21(31-8)18(28-5)16(14)27-4/h12-23H,9-11H2,1-8H3/t12-,13-,14-,15+,16+,17+,18-,19-,20-,21-,22+,23-/m1/s1. The van der Waals surface area contributed by atoms with Gasteiger partial charge in [-0.15, -0.1) is 0 Å². The predicted molar refractivity (Wildman–Crippen MR) is 122 cm³/mol. The number of ether oxygens (including phenoxy) is 13. The maximum atomic E-state index is 6.42. The highest BCUT2D eigenvalue weighted by Crippen LogP contribution is 2.32. The maximum absolute atomic E-state index is 6.42. The van der Waals surface area contributed by atoms with Crippen molar-refractivity contribution in [2.45, 2.75) is 73.8 Å². The minimum Gasteiger partial charge on any atom is -0.376 e. The van der Waals surface area contributed by atoms with E-state index < -0.39 is 67.7 Å². The molecular weight excluding hydrogens is 484 g/mol. The summed E-state index contributed by atoms with van der Waals surface area (Å²) in [6, 6.07) is 0. The van der Waals surface area contributed by atoms with E-state index in [1.807, 2.05) is 0 Å². The SMILES string of the molecule is CO[C@@H]1OC[C@@H](O[C@@H]2OC[C@@H](OC)[C@H](O[C@H]3OC[C@@H](OC)[C@H](OC)[C@H]3OC)[C@H]2OC)[C@H](OC)[C@H]1OC. The topological polar surface area (TPSA) is 120 Å². The Bertz CT molecular complexity index is 627. The van der Waals surface area contributed by atoms with Crippen LogP contribution >= 0.6 is 0 Å². The summed E-state index contributed by atoms with van der Waals surface area (Å²) in [7, 11) is 12.6. The number of rotatable bonds is 12. The molecule has 3 fully saturated rings. The zero-order chi connectivity index (χ0) is 26.2. The monoisotopic (exact) mass is 526 g/mol. The third kappa shape index (κ3) is 6.37. The van der Waals surface area contributed by atoms with Crippen molar-refractivity contribution < 1.29 is 61.6 Å². The van der Waals surface area contributed by atoms with Crippen molar-refractivity contribution in [3.05, 3.63) is 0 Å². The van der Waals surface area contributed by atoms with Crippen LogP contribution in [0.4, 0.5) is 0 Å². The summed E-state index contributed by atoms with van der Waals surface area (Å²) in [6.45, 7) is 0.674. The first kappa shape index (κ1) is 30.0. The molecule has 3 aliphatic rings. The molecule has 0 N–H and O–H groups in total. The van der Waals surface area contributed by atoms with Gasteiger partial charge in [-0.2, -0.15) is 0 Å².